The largest absolute Gasteiger partial charge is 0.378 e. The van der Waals surface area contributed by atoms with Crippen LogP contribution in [0.3, 0.4) is 0 Å². The van der Waals surface area contributed by atoms with Crippen LogP contribution in [0.5, 0.6) is 0 Å². The number of hydrogen-bond donors (Lipinski definition) is 2. The predicted molar refractivity (Wildman–Crippen MR) is 86.7 cm³/mol. The minimum Gasteiger partial charge on any atom is -0.378 e. The van der Waals surface area contributed by atoms with Gasteiger partial charge in [0.1, 0.15) is 0 Å². The number of anilines is 1. The molecule has 0 fully saturated rings. The van der Waals surface area contributed by atoms with Crippen LogP contribution in [0.25, 0.3) is 10.9 Å². The molecule has 1 aromatic heterocycles. The second-order valence-electron chi connectivity index (χ2n) is 5.83. The van der Waals surface area contributed by atoms with Crippen LogP contribution < -0.4 is 5.32 Å². The zero-order valence-electron chi connectivity index (χ0n) is 12.4. The van der Waals surface area contributed by atoms with Crippen LogP contribution in [0.4, 0.5) is 5.69 Å². The molecule has 0 radical (unpaired) electrons. The number of nitrogens with one attached hydrogen (secondary N) is 2. The topological polar surface area (TPSA) is 64.5 Å². The monoisotopic (exact) mass is 288 g/mol. The van der Waals surface area contributed by atoms with Gasteiger partial charge in [-0.05, 0) is 61.2 Å². The molecule has 4 nitrogen and oxygen atoms in total. The Labute approximate surface area is 128 Å². The van der Waals surface area contributed by atoms with Gasteiger partial charge in [0.15, 0.2) is 0 Å². The summed E-state index contributed by atoms with van der Waals surface area (Å²) in [5.41, 5.74) is 6.49. The van der Waals surface area contributed by atoms with E-state index < -0.39 is 0 Å². The summed E-state index contributed by atoms with van der Waals surface area (Å²) >= 11 is 0. The number of H-pyrrole nitrogens is 1. The van der Waals surface area contributed by atoms with Crippen molar-refractivity contribution in [3.63, 3.8) is 0 Å². The second kappa shape index (κ2) is 4.88. The van der Waals surface area contributed by atoms with E-state index in [9.17, 15) is 0 Å². The van der Waals surface area contributed by atoms with Crippen LogP contribution in [0.15, 0.2) is 36.4 Å². The van der Waals surface area contributed by atoms with E-state index in [4.69, 9.17) is 5.26 Å². The first kappa shape index (κ1) is 12.9. The quantitative estimate of drug-likeness (QED) is 0.753. The van der Waals surface area contributed by atoms with Crippen molar-refractivity contribution in [2.75, 3.05) is 5.32 Å². The standard InChI is InChI=1S/C18H16N4/c1-11-15-9-14(5-7-18(15)22-21-11)20-17-6-4-13-3-2-12(10-19)8-16(13)17/h2-3,5,7-9,17,20H,4,6H2,1H3,(H,21,22)/t17-/m0/s1. The third-order valence-electron chi connectivity index (χ3n) is 4.45. The molecule has 4 rings (SSSR count). The molecule has 0 aliphatic heterocycles. The highest BCUT2D eigenvalue weighted by Crippen LogP contribution is 2.35. The summed E-state index contributed by atoms with van der Waals surface area (Å²) < 4.78 is 0. The summed E-state index contributed by atoms with van der Waals surface area (Å²) in [6, 6.07) is 14.8. The fourth-order valence-electron chi connectivity index (χ4n) is 3.26. The third-order valence-corrected chi connectivity index (χ3v) is 4.45. The molecule has 22 heavy (non-hydrogen) atoms. The molecule has 0 unspecified atom stereocenters. The van der Waals surface area contributed by atoms with Gasteiger partial charge < -0.3 is 5.32 Å². The molecule has 1 atom stereocenters. The van der Waals surface area contributed by atoms with E-state index in [1.165, 1.54) is 11.1 Å². The predicted octanol–water partition coefficient (Wildman–Crippen LogP) is 3.84. The molecule has 1 aliphatic rings. The average Bonchev–Trinajstić information content (AvgIpc) is 3.11. The zero-order valence-corrected chi connectivity index (χ0v) is 12.4. The van der Waals surface area contributed by atoms with Crippen LogP contribution in [0.2, 0.25) is 0 Å². The first-order valence-corrected chi connectivity index (χ1v) is 7.49. The number of hydrogen-bond acceptors (Lipinski definition) is 3. The highest BCUT2D eigenvalue weighted by molar-refractivity contribution is 5.84. The Bertz CT molecular complexity index is 901. The van der Waals surface area contributed by atoms with Crippen molar-refractivity contribution < 1.29 is 0 Å². The van der Waals surface area contributed by atoms with Crippen molar-refractivity contribution >= 4 is 16.6 Å². The van der Waals surface area contributed by atoms with E-state index in [1.807, 2.05) is 19.1 Å². The molecule has 0 spiro atoms. The SMILES string of the molecule is Cc1n[nH]c2ccc(N[C@H]3CCc4ccc(C#N)cc43)cc12. The highest BCUT2D eigenvalue weighted by atomic mass is 15.1. The Hall–Kier alpha value is -2.80. The molecule has 0 bridgehead atoms. The van der Waals surface area contributed by atoms with Crippen molar-refractivity contribution in [2.45, 2.75) is 25.8 Å². The summed E-state index contributed by atoms with van der Waals surface area (Å²) in [5, 5.41) is 21.1. The maximum atomic E-state index is 9.09. The number of aromatic nitrogens is 2. The zero-order chi connectivity index (χ0) is 15.1. The average molecular weight is 288 g/mol. The fourth-order valence-corrected chi connectivity index (χ4v) is 3.26. The minimum absolute atomic E-state index is 0.271. The van der Waals surface area contributed by atoms with Crippen LogP contribution in [-0.2, 0) is 6.42 Å². The molecule has 1 heterocycles. The Morgan fingerprint density at radius 1 is 1.27 bits per heavy atom. The Morgan fingerprint density at radius 2 is 2.18 bits per heavy atom. The van der Waals surface area contributed by atoms with E-state index in [0.29, 0.717) is 0 Å². The summed E-state index contributed by atoms with van der Waals surface area (Å²) in [7, 11) is 0. The van der Waals surface area contributed by atoms with E-state index >= 15 is 0 Å². The molecule has 108 valence electrons. The summed E-state index contributed by atoms with van der Waals surface area (Å²) in [4.78, 5) is 0. The Balaban J connectivity index is 1.67. The first-order chi connectivity index (χ1) is 10.7. The maximum Gasteiger partial charge on any atom is 0.0991 e. The van der Waals surface area contributed by atoms with Gasteiger partial charge in [-0.2, -0.15) is 10.4 Å². The third kappa shape index (κ3) is 2.03. The molecule has 3 aromatic rings. The van der Waals surface area contributed by atoms with Crippen molar-refractivity contribution in [3.8, 4) is 6.07 Å². The molecular weight excluding hydrogens is 272 g/mol. The maximum absolute atomic E-state index is 9.09. The molecule has 0 saturated heterocycles. The molecule has 4 heteroatoms. The van der Waals surface area contributed by atoms with Gasteiger partial charge in [-0.15, -0.1) is 0 Å². The Kier molecular flexibility index (Phi) is 2.87. The Morgan fingerprint density at radius 3 is 3.05 bits per heavy atom. The summed E-state index contributed by atoms with van der Waals surface area (Å²) in [5.74, 6) is 0. The molecule has 0 amide bonds. The first-order valence-electron chi connectivity index (χ1n) is 7.49. The summed E-state index contributed by atoms with van der Waals surface area (Å²) in [6.07, 6.45) is 2.12. The van der Waals surface area contributed by atoms with Crippen molar-refractivity contribution in [2.24, 2.45) is 0 Å². The lowest BCUT2D eigenvalue weighted by Gasteiger charge is -2.16. The van der Waals surface area contributed by atoms with Gasteiger partial charge in [-0.25, -0.2) is 0 Å². The molecule has 2 aromatic carbocycles. The van der Waals surface area contributed by atoms with Crippen LogP contribution in [-0.4, -0.2) is 10.2 Å². The molecule has 2 N–H and O–H groups in total. The smallest absolute Gasteiger partial charge is 0.0991 e. The van der Waals surface area contributed by atoms with Crippen LogP contribution in [0, 0.1) is 18.3 Å². The number of nitrogens with zero attached hydrogens (tertiary/aromatic N) is 2. The number of aromatic amines is 1. The minimum atomic E-state index is 0.271. The van der Waals surface area contributed by atoms with E-state index in [1.54, 1.807) is 0 Å². The number of benzene rings is 2. The molecule has 0 saturated carbocycles. The lowest BCUT2D eigenvalue weighted by molar-refractivity contribution is 0.762. The lowest BCUT2D eigenvalue weighted by Crippen LogP contribution is -2.07. The molecule has 1 aliphatic carbocycles. The number of rotatable bonds is 2. The van der Waals surface area contributed by atoms with Gasteiger partial charge in [0.2, 0.25) is 0 Å². The fraction of sp³-hybridized carbons (Fsp3) is 0.222. The normalized spacial score (nSPS) is 16.5. The van der Waals surface area contributed by atoms with Crippen molar-refractivity contribution in [3.05, 3.63) is 58.8 Å². The van der Waals surface area contributed by atoms with Crippen molar-refractivity contribution in [1.82, 2.24) is 10.2 Å². The highest BCUT2D eigenvalue weighted by Gasteiger charge is 2.22. The van der Waals surface area contributed by atoms with E-state index in [2.05, 4.69) is 45.8 Å². The summed E-state index contributed by atoms with van der Waals surface area (Å²) in [6.45, 7) is 2.01. The van der Waals surface area contributed by atoms with Crippen LogP contribution >= 0.6 is 0 Å². The number of nitriles is 1. The van der Waals surface area contributed by atoms with Crippen LogP contribution in [0.1, 0.15) is 34.8 Å². The number of aryl methyl sites for hydroxylation is 2. The van der Waals surface area contributed by atoms with Gasteiger partial charge >= 0.3 is 0 Å². The molecular formula is C18H16N4. The van der Waals surface area contributed by atoms with Gasteiger partial charge in [0.05, 0.1) is 28.9 Å². The second-order valence-corrected chi connectivity index (χ2v) is 5.83. The van der Waals surface area contributed by atoms with Gasteiger partial charge in [-0.3, -0.25) is 5.10 Å². The van der Waals surface area contributed by atoms with Gasteiger partial charge in [-0.1, -0.05) is 6.07 Å². The van der Waals surface area contributed by atoms with Crippen molar-refractivity contribution in [1.29, 1.82) is 5.26 Å². The van der Waals surface area contributed by atoms with E-state index in [-0.39, 0.29) is 6.04 Å². The number of fused-ring (bicyclic) bond motifs is 2. The lowest BCUT2D eigenvalue weighted by atomic mass is 10.0. The van der Waals surface area contributed by atoms with Gasteiger partial charge in [0.25, 0.3) is 0 Å². The van der Waals surface area contributed by atoms with Gasteiger partial charge in [0, 0.05) is 11.1 Å². The van der Waals surface area contributed by atoms with E-state index in [0.717, 1.165) is 40.7 Å².